The molecule has 0 aliphatic heterocycles. The zero-order valence-electron chi connectivity index (χ0n) is 10.4. The topological polar surface area (TPSA) is 29.1 Å². The van der Waals surface area contributed by atoms with Crippen LogP contribution in [0, 0.1) is 0 Å². The highest BCUT2D eigenvalue weighted by atomic mass is 79.9. The van der Waals surface area contributed by atoms with Crippen molar-refractivity contribution in [2.24, 2.45) is 0 Å². The molecule has 0 saturated heterocycles. The van der Waals surface area contributed by atoms with Crippen LogP contribution in [-0.2, 0) is 6.18 Å². The maximum atomic E-state index is 12.8. The number of alkyl halides is 4. The van der Waals surface area contributed by atoms with E-state index in [0.717, 1.165) is 25.3 Å². The highest BCUT2D eigenvalue weighted by Crippen LogP contribution is 2.36. The van der Waals surface area contributed by atoms with Gasteiger partial charge in [0.25, 0.3) is 5.91 Å². The number of carbonyl (C=O) groups excluding carboxylic acids is 1. The number of hydrogen-bond acceptors (Lipinski definition) is 1. The average molecular weight is 371 g/mol. The number of rotatable bonds is 3. The lowest BCUT2D eigenvalue weighted by atomic mass is 9.78. The summed E-state index contributed by atoms with van der Waals surface area (Å²) in [6.45, 7) is 0. The van der Waals surface area contributed by atoms with Gasteiger partial charge < -0.3 is 5.32 Å². The molecule has 0 aromatic heterocycles. The molecule has 1 aromatic carbocycles. The molecule has 1 amide bonds. The molecule has 1 fully saturated rings. The number of carbonyl (C=O) groups is 1. The van der Waals surface area contributed by atoms with Gasteiger partial charge in [-0.2, -0.15) is 13.2 Å². The first kappa shape index (κ1) is 15.6. The Labute approximate surface area is 127 Å². The Kier molecular flexibility index (Phi) is 4.35. The summed E-state index contributed by atoms with van der Waals surface area (Å²) in [7, 11) is 0. The van der Waals surface area contributed by atoms with Crippen LogP contribution in [0.3, 0.4) is 0 Å². The molecule has 1 aromatic rings. The molecule has 20 heavy (non-hydrogen) atoms. The van der Waals surface area contributed by atoms with Gasteiger partial charge in [-0.1, -0.05) is 15.9 Å². The summed E-state index contributed by atoms with van der Waals surface area (Å²) in [4.78, 5) is 12.1. The van der Waals surface area contributed by atoms with Gasteiger partial charge in [0.2, 0.25) is 0 Å². The summed E-state index contributed by atoms with van der Waals surface area (Å²) in [5.74, 6) is -0.259. The second-order valence-corrected chi connectivity index (χ2v) is 6.04. The molecule has 2 nitrogen and oxygen atoms in total. The summed E-state index contributed by atoms with van der Waals surface area (Å²) >= 11 is 8.66. The average Bonchev–Trinajstić information content (AvgIpc) is 2.32. The van der Waals surface area contributed by atoms with Crippen molar-refractivity contribution in [1.29, 1.82) is 0 Å². The van der Waals surface area contributed by atoms with Crippen LogP contribution in [0.5, 0.6) is 0 Å². The predicted octanol–water partition coefficient (Wildman–Crippen LogP) is 4.36. The maximum absolute atomic E-state index is 12.8. The van der Waals surface area contributed by atoms with Crippen molar-refractivity contribution in [1.82, 2.24) is 5.32 Å². The Morgan fingerprint density at radius 3 is 2.50 bits per heavy atom. The van der Waals surface area contributed by atoms with Crippen LogP contribution in [-0.4, -0.2) is 17.3 Å². The monoisotopic (exact) mass is 369 g/mol. The molecular formula is C13H12BrClF3NO. The van der Waals surface area contributed by atoms with Crippen LogP contribution < -0.4 is 5.32 Å². The first-order valence-electron chi connectivity index (χ1n) is 6.03. The highest BCUT2D eigenvalue weighted by Gasteiger charge is 2.38. The Morgan fingerprint density at radius 2 is 2.05 bits per heavy atom. The molecule has 1 N–H and O–H groups in total. The number of hydrogen-bond donors (Lipinski definition) is 1. The van der Waals surface area contributed by atoms with Gasteiger partial charge in [0, 0.05) is 15.9 Å². The minimum atomic E-state index is -4.50. The van der Waals surface area contributed by atoms with E-state index in [-0.39, 0.29) is 15.9 Å². The maximum Gasteiger partial charge on any atom is 0.417 e. The van der Waals surface area contributed by atoms with E-state index in [9.17, 15) is 18.0 Å². The molecule has 0 unspecified atom stereocenters. The normalized spacial score (nSPS) is 17.4. The molecular weight excluding hydrogens is 358 g/mol. The van der Waals surface area contributed by atoms with E-state index in [2.05, 4.69) is 21.2 Å². The summed E-state index contributed by atoms with van der Waals surface area (Å²) in [5, 5.41) is 2.74. The molecule has 1 saturated carbocycles. The zero-order chi connectivity index (χ0) is 15.0. The number of halogens is 5. The molecule has 1 aliphatic rings. The molecule has 0 atom stereocenters. The van der Waals surface area contributed by atoms with Crippen LogP contribution in [0.15, 0.2) is 22.7 Å². The lowest BCUT2D eigenvalue weighted by molar-refractivity contribution is -0.138. The molecule has 1 aliphatic carbocycles. The third kappa shape index (κ3) is 3.11. The van der Waals surface area contributed by atoms with Crippen molar-refractivity contribution < 1.29 is 18.0 Å². The van der Waals surface area contributed by atoms with Crippen LogP contribution >= 0.6 is 27.5 Å². The van der Waals surface area contributed by atoms with E-state index in [4.69, 9.17) is 11.6 Å². The van der Waals surface area contributed by atoms with Crippen molar-refractivity contribution in [3.05, 3.63) is 33.8 Å². The van der Waals surface area contributed by atoms with Crippen LogP contribution in [0.4, 0.5) is 13.2 Å². The highest BCUT2D eigenvalue weighted by molar-refractivity contribution is 9.10. The first-order valence-corrected chi connectivity index (χ1v) is 7.35. The van der Waals surface area contributed by atoms with Crippen molar-refractivity contribution in [2.45, 2.75) is 31.0 Å². The van der Waals surface area contributed by atoms with Crippen molar-refractivity contribution in [3.8, 4) is 0 Å². The van der Waals surface area contributed by atoms with Crippen molar-refractivity contribution >= 4 is 33.4 Å². The smallest absolute Gasteiger partial charge is 0.345 e. The fourth-order valence-corrected chi connectivity index (χ4v) is 2.90. The summed E-state index contributed by atoms with van der Waals surface area (Å²) in [6.07, 6.45) is -2.04. The Balaban J connectivity index is 2.23. The zero-order valence-corrected chi connectivity index (χ0v) is 12.7. The first-order chi connectivity index (χ1) is 9.27. The lowest BCUT2D eigenvalue weighted by Crippen LogP contribution is -2.55. The second-order valence-electron chi connectivity index (χ2n) is 4.91. The van der Waals surface area contributed by atoms with E-state index in [1.54, 1.807) is 0 Å². The summed E-state index contributed by atoms with van der Waals surface area (Å²) in [6, 6.07) is 3.43. The fourth-order valence-electron chi connectivity index (χ4n) is 2.09. The van der Waals surface area contributed by atoms with Gasteiger partial charge >= 0.3 is 6.18 Å². The standard InChI is InChI=1S/C13H12BrClF3NO/c14-10-3-2-8(6-9(10)13(16,17)18)11(20)19-12(7-15)4-1-5-12/h2-3,6H,1,4-5,7H2,(H,19,20). The molecule has 0 radical (unpaired) electrons. The number of amides is 1. The van der Waals surface area contributed by atoms with Gasteiger partial charge in [0.1, 0.15) is 0 Å². The van der Waals surface area contributed by atoms with Crippen LogP contribution in [0.2, 0.25) is 0 Å². The van der Waals surface area contributed by atoms with Gasteiger partial charge in [0.15, 0.2) is 0 Å². The quantitative estimate of drug-likeness (QED) is 0.787. The molecule has 2 rings (SSSR count). The van der Waals surface area contributed by atoms with E-state index in [1.807, 2.05) is 0 Å². The van der Waals surface area contributed by atoms with Crippen LogP contribution in [0.25, 0.3) is 0 Å². The van der Waals surface area contributed by atoms with E-state index < -0.39 is 23.2 Å². The van der Waals surface area contributed by atoms with Gasteiger partial charge in [-0.05, 0) is 37.5 Å². The third-order valence-corrected chi connectivity index (χ3v) is 4.68. The molecule has 0 bridgehead atoms. The van der Waals surface area contributed by atoms with Gasteiger partial charge in [-0.3, -0.25) is 4.79 Å². The largest absolute Gasteiger partial charge is 0.417 e. The molecule has 0 spiro atoms. The van der Waals surface area contributed by atoms with E-state index in [0.29, 0.717) is 0 Å². The molecule has 110 valence electrons. The van der Waals surface area contributed by atoms with E-state index in [1.165, 1.54) is 12.1 Å². The Bertz CT molecular complexity index is 523. The predicted molar refractivity (Wildman–Crippen MR) is 73.9 cm³/mol. The fraction of sp³-hybridized carbons (Fsp3) is 0.462. The van der Waals surface area contributed by atoms with Crippen molar-refractivity contribution in [2.75, 3.05) is 5.88 Å². The number of nitrogens with one attached hydrogen (secondary N) is 1. The van der Waals surface area contributed by atoms with Crippen molar-refractivity contribution in [3.63, 3.8) is 0 Å². The second kappa shape index (κ2) is 5.56. The lowest BCUT2D eigenvalue weighted by Gasteiger charge is -2.41. The van der Waals surface area contributed by atoms with Crippen LogP contribution in [0.1, 0.15) is 35.2 Å². The summed E-state index contributed by atoms with van der Waals surface area (Å²) < 4.78 is 38.3. The molecule has 7 heteroatoms. The summed E-state index contributed by atoms with van der Waals surface area (Å²) in [5.41, 5.74) is -1.35. The van der Waals surface area contributed by atoms with Gasteiger partial charge in [0.05, 0.1) is 11.1 Å². The minimum absolute atomic E-state index is 0.0167. The van der Waals surface area contributed by atoms with E-state index >= 15 is 0 Å². The van der Waals surface area contributed by atoms with Gasteiger partial charge in [-0.25, -0.2) is 0 Å². The molecule has 0 heterocycles. The Hall–Kier alpha value is -0.750. The minimum Gasteiger partial charge on any atom is -0.345 e. The Morgan fingerprint density at radius 1 is 1.40 bits per heavy atom. The van der Waals surface area contributed by atoms with Gasteiger partial charge in [-0.15, -0.1) is 11.6 Å². The SMILES string of the molecule is O=C(NC1(CCl)CCC1)c1ccc(Br)c(C(F)(F)F)c1. The third-order valence-electron chi connectivity index (χ3n) is 3.48. The number of benzene rings is 1.